The summed E-state index contributed by atoms with van der Waals surface area (Å²) in [5, 5.41) is 2.58. The normalized spacial score (nSPS) is 12.9. The van der Waals surface area contributed by atoms with Crippen LogP contribution in [0.15, 0.2) is 97.1 Å². The summed E-state index contributed by atoms with van der Waals surface area (Å²) in [4.78, 5) is 0. The van der Waals surface area contributed by atoms with E-state index in [1.165, 1.54) is 133 Å². The van der Waals surface area contributed by atoms with Gasteiger partial charge in [-0.05, 0) is 193 Å². The summed E-state index contributed by atoms with van der Waals surface area (Å²) in [5.41, 5.74) is 28.3. The van der Waals surface area contributed by atoms with Gasteiger partial charge in [0.05, 0.1) is 5.52 Å². The first-order valence-corrected chi connectivity index (χ1v) is 20.9. The van der Waals surface area contributed by atoms with Gasteiger partial charge in [-0.3, -0.25) is 0 Å². The van der Waals surface area contributed by atoms with E-state index < -0.39 is 0 Å². The maximum Gasteiger partial charge on any atom is 0.256 e. The van der Waals surface area contributed by atoms with Gasteiger partial charge in [0, 0.05) is 22.0 Å². The van der Waals surface area contributed by atoms with E-state index >= 15 is 0 Å². The van der Waals surface area contributed by atoms with E-state index in [2.05, 4.69) is 185 Å². The fourth-order valence-electron chi connectivity index (χ4n) is 11.1. The molecule has 58 heavy (non-hydrogen) atoms. The van der Waals surface area contributed by atoms with Crippen LogP contribution in [0.25, 0.3) is 60.9 Å². The van der Waals surface area contributed by atoms with Crippen molar-refractivity contribution in [3.8, 4) is 50.6 Å². The first-order chi connectivity index (χ1) is 27.6. The van der Waals surface area contributed by atoms with Crippen molar-refractivity contribution >= 4 is 44.9 Å². The van der Waals surface area contributed by atoms with Gasteiger partial charge in [-0.25, -0.2) is 0 Å². The van der Waals surface area contributed by atoms with Crippen LogP contribution in [0.2, 0.25) is 0 Å². The van der Waals surface area contributed by atoms with E-state index in [1.54, 1.807) is 0 Å². The summed E-state index contributed by atoms with van der Waals surface area (Å²) >= 11 is 0. The lowest BCUT2D eigenvalue weighted by Gasteiger charge is -2.35. The number of hydrogen-bond acceptors (Lipinski definition) is 1. The fraction of sp³-hybridized carbons (Fsp3) is 0.236. The quantitative estimate of drug-likeness (QED) is 0.164. The van der Waals surface area contributed by atoms with E-state index in [9.17, 15) is 0 Å². The highest BCUT2D eigenvalue weighted by atomic mass is 16.5. The molecule has 0 N–H and O–H groups in total. The van der Waals surface area contributed by atoms with Crippen molar-refractivity contribution in [1.82, 2.24) is 4.57 Å². The summed E-state index contributed by atoms with van der Waals surface area (Å²) in [5.74, 6) is 1.91. The van der Waals surface area contributed by atoms with Crippen molar-refractivity contribution in [2.75, 3.05) is 0 Å². The maximum absolute atomic E-state index is 7.10. The number of hydrogen-bond donors (Lipinski definition) is 0. The zero-order valence-electron chi connectivity index (χ0n) is 36.2. The molecule has 8 aromatic rings. The number of rotatable bonds is 3. The topological polar surface area (TPSA) is 14.2 Å². The second-order valence-electron chi connectivity index (χ2n) is 18.8. The van der Waals surface area contributed by atoms with Crippen LogP contribution < -0.4 is 21.1 Å². The molecule has 0 atom stereocenters. The van der Waals surface area contributed by atoms with Gasteiger partial charge < -0.3 is 9.30 Å². The molecule has 0 aliphatic carbocycles. The summed E-state index contributed by atoms with van der Waals surface area (Å²) in [7, 11) is 0. The van der Waals surface area contributed by atoms with Crippen LogP contribution in [0.3, 0.4) is 0 Å². The Labute approximate surface area is 344 Å². The number of benzene rings is 7. The minimum Gasteiger partial charge on any atom is -0.458 e. The predicted octanol–water partition coefficient (Wildman–Crippen LogP) is 12.8. The van der Waals surface area contributed by atoms with Crippen LogP contribution in [-0.2, 0) is 5.41 Å². The lowest BCUT2D eigenvalue weighted by atomic mass is 9.34. The second kappa shape index (κ2) is 12.6. The third kappa shape index (κ3) is 5.39. The second-order valence-corrected chi connectivity index (χ2v) is 18.8. The van der Waals surface area contributed by atoms with E-state index in [0.717, 1.165) is 11.5 Å². The molecule has 0 spiro atoms. The summed E-state index contributed by atoms with van der Waals surface area (Å²) in [6.07, 6.45) is 0. The van der Waals surface area contributed by atoms with Crippen molar-refractivity contribution in [3.63, 3.8) is 0 Å². The van der Waals surface area contributed by atoms with Crippen molar-refractivity contribution in [2.45, 2.75) is 88.5 Å². The summed E-state index contributed by atoms with van der Waals surface area (Å²) in [6, 6.07) is 37.9. The number of aromatic nitrogens is 1. The minimum atomic E-state index is -0.0740. The Kier molecular flexibility index (Phi) is 7.94. The molecular formula is C55H52BNO. The average molecular weight is 754 g/mol. The zero-order chi connectivity index (χ0) is 40.7. The summed E-state index contributed by atoms with van der Waals surface area (Å²) < 4.78 is 9.67. The van der Waals surface area contributed by atoms with Crippen LogP contribution in [0.4, 0.5) is 0 Å². The van der Waals surface area contributed by atoms with Crippen LogP contribution in [0, 0.1) is 62.3 Å². The van der Waals surface area contributed by atoms with Gasteiger partial charge in [0.25, 0.3) is 6.71 Å². The maximum atomic E-state index is 7.10. The Morgan fingerprint density at radius 3 is 1.50 bits per heavy atom. The molecule has 1 aromatic heterocycles. The van der Waals surface area contributed by atoms with Crippen LogP contribution >= 0.6 is 0 Å². The van der Waals surface area contributed by atoms with Gasteiger partial charge in [0.1, 0.15) is 11.5 Å². The standard InChI is InChI=1S/C55H52BNO/c1-29-17-32(4)50(33(5)18-29)38-13-15-46-42(23-38)43-24-40(52-36(8)21-31(3)22-37(52)9)26-45-54(43)57(46)47-27-41(55(10,11)12)28-49-53(47)56(45)44-25-39(14-16-48(44)58-49)51-34(6)19-30(2)20-35(51)7/h13-28H,1-12H3. The SMILES string of the molecule is Cc1cc(C)c(-c2ccc3c(c2)B2c4c(cc(C(C)(C)C)cc4-n4c5ccc(-c6c(C)cc(C)cc6C)cc5c5cc(-c6c(C)cc(C)cc6C)cc2c54)O3)c(C)c1. The molecule has 2 aliphatic heterocycles. The molecule has 0 saturated carbocycles. The first kappa shape index (κ1) is 36.5. The minimum absolute atomic E-state index is 0.0137. The molecule has 0 amide bonds. The highest BCUT2D eigenvalue weighted by molar-refractivity contribution is 6.99. The highest BCUT2D eigenvalue weighted by Gasteiger charge is 2.42. The average Bonchev–Trinajstić information content (AvgIpc) is 3.45. The smallest absolute Gasteiger partial charge is 0.256 e. The molecule has 2 aliphatic rings. The van der Waals surface area contributed by atoms with Crippen molar-refractivity contribution in [1.29, 1.82) is 0 Å². The van der Waals surface area contributed by atoms with Crippen molar-refractivity contribution in [3.05, 3.63) is 153 Å². The summed E-state index contributed by atoms with van der Waals surface area (Å²) in [6.45, 7) is 27.1. The molecule has 286 valence electrons. The van der Waals surface area contributed by atoms with Crippen LogP contribution in [0.5, 0.6) is 11.5 Å². The third-order valence-electron chi connectivity index (χ3n) is 13.2. The molecule has 0 bridgehead atoms. The van der Waals surface area contributed by atoms with Crippen molar-refractivity contribution < 1.29 is 4.74 Å². The third-order valence-corrected chi connectivity index (χ3v) is 13.2. The van der Waals surface area contributed by atoms with Gasteiger partial charge in [0.15, 0.2) is 0 Å². The van der Waals surface area contributed by atoms with Crippen molar-refractivity contribution in [2.24, 2.45) is 0 Å². The Morgan fingerprint density at radius 1 is 0.466 bits per heavy atom. The Morgan fingerprint density at radius 2 is 0.948 bits per heavy atom. The molecule has 10 rings (SSSR count). The molecule has 0 radical (unpaired) electrons. The van der Waals surface area contributed by atoms with E-state index in [1.807, 2.05) is 0 Å². The van der Waals surface area contributed by atoms with Gasteiger partial charge in [-0.2, -0.15) is 0 Å². The number of fused-ring (bicyclic) bond motifs is 7. The molecular weight excluding hydrogens is 701 g/mol. The highest BCUT2D eigenvalue weighted by Crippen LogP contribution is 2.44. The number of aryl methyl sites for hydroxylation is 9. The van der Waals surface area contributed by atoms with Gasteiger partial charge in [-0.1, -0.05) is 98.1 Å². The Hall–Kier alpha value is -5.80. The van der Waals surface area contributed by atoms with Gasteiger partial charge in [-0.15, -0.1) is 0 Å². The largest absolute Gasteiger partial charge is 0.458 e. The molecule has 0 fully saturated rings. The van der Waals surface area contributed by atoms with E-state index in [4.69, 9.17) is 4.74 Å². The van der Waals surface area contributed by atoms with Gasteiger partial charge >= 0.3 is 0 Å². The van der Waals surface area contributed by atoms with E-state index in [-0.39, 0.29) is 12.1 Å². The Bertz CT molecular complexity index is 3040. The fourth-order valence-corrected chi connectivity index (χ4v) is 11.1. The molecule has 7 aromatic carbocycles. The first-order valence-electron chi connectivity index (χ1n) is 20.9. The van der Waals surface area contributed by atoms with Gasteiger partial charge in [0.2, 0.25) is 0 Å². The predicted molar refractivity (Wildman–Crippen MR) is 250 cm³/mol. The number of ether oxygens (including phenoxy) is 1. The van der Waals surface area contributed by atoms with Crippen LogP contribution in [-0.4, -0.2) is 11.3 Å². The number of nitrogens with zero attached hydrogens (tertiary/aromatic N) is 1. The molecule has 0 unspecified atom stereocenters. The van der Waals surface area contributed by atoms with Crippen LogP contribution in [0.1, 0.15) is 76.4 Å². The lowest BCUT2D eigenvalue weighted by molar-refractivity contribution is 0.483. The molecule has 0 saturated heterocycles. The monoisotopic (exact) mass is 753 g/mol. The molecule has 3 heteroatoms. The Balaban J connectivity index is 1.36. The molecule has 3 heterocycles. The lowest BCUT2D eigenvalue weighted by Crippen LogP contribution is -2.58. The molecule has 2 nitrogen and oxygen atoms in total. The zero-order valence-corrected chi connectivity index (χ0v) is 36.2. The van der Waals surface area contributed by atoms with E-state index in [0.29, 0.717) is 0 Å².